The van der Waals surface area contributed by atoms with Crippen LogP contribution in [0.25, 0.3) is 0 Å². The van der Waals surface area contributed by atoms with Gasteiger partial charge in [0.1, 0.15) is 11.7 Å². The molecule has 1 aromatic heterocycles. The highest BCUT2D eigenvalue weighted by atomic mass is 32.2. The average molecular weight is 381 g/mol. The maximum absolute atomic E-state index is 13.9. The van der Waals surface area contributed by atoms with Gasteiger partial charge in [0.15, 0.2) is 0 Å². The Bertz CT molecular complexity index is 846. The van der Waals surface area contributed by atoms with Crippen molar-refractivity contribution in [3.63, 3.8) is 0 Å². The van der Waals surface area contributed by atoms with E-state index in [1.807, 2.05) is 0 Å². The van der Waals surface area contributed by atoms with Crippen LogP contribution in [0.2, 0.25) is 0 Å². The molecule has 2 N–H and O–H groups in total. The largest absolute Gasteiger partial charge is 0.298 e. The first-order valence-electron chi connectivity index (χ1n) is 7.63. The van der Waals surface area contributed by atoms with Gasteiger partial charge in [-0.1, -0.05) is 0 Å². The summed E-state index contributed by atoms with van der Waals surface area (Å²) in [7, 11) is -0.540. The molecule has 10 heteroatoms. The Morgan fingerprint density at radius 2 is 2.04 bits per heavy atom. The van der Waals surface area contributed by atoms with Gasteiger partial charge in [-0.25, -0.2) is 22.1 Å². The van der Waals surface area contributed by atoms with E-state index < -0.39 is 15.8 Å². The Morgan fingerprint density at radius 1 is 1.27 bits per heavy atom. The molecule has 0 bridgehead atoms. The molecule has 2 aromatic rings. The van der Waals surface area contributed by atoms with Crippen LogP contribution in [0, 0.1) is 5.82 Å². The van der Waals surface area contributed by atoms with Crippen molar-refractivity contribution in [2.75, 3.05) is 30.4 Å². The van der Waals surface area contributed by atoms with Gasteiger partial charge < -0.3 is 0 Å². The number of rotatable bonds is 9. The first-order chi connectivity index (χ1) is 12.3. The molecule has 1 aromatic carbocycles. The Kier molecular flexibility index (Phi) is 6.61. The number of hydrazine groups is 1. The van der Waals surface area contributed by atoms with E-state index in [4.69, 9.17) is 0 Å². The number of nitrogens with one attached hydrogen (secondary N) is 2. The smallest absolute Gasteiger partial charge is 0.232 e. The highest BCUT2D eigenvalue weighted by Crippen LogP contribution is 2.19. The molecule has 0 aliphatic rings. The minimum atomic E-state index is -3.41. The molecule has 0 atom stereocenters. The van der Waals surface area contributed by atoms with E-state index in [-0.39, 0.29) is 18.1 Å². The summed E-state index contributed by atoms with van der Waals surface area (Å²) in [5, 5.41) is 3.86. The first-order valence-corrected chi connectivity index (χ1v) is 9.24. The normalized spacial score (nSPS) is 11.4. The number of sulfonamides is 1. The number of carbonyl (C=O) groups excluding carboxylic acids is 1. The van der Waals surface area contributed by atoms with Crippen molar-refractivity contribution in [1.29, 1.82) is 0 Å². The van der Waals surface area contributed by atoms with Gasteiger partial charge >= 0.3 is 0 Å². The molecule has 1 amide bonds. The zero-order valence-electron chi connectivity index (χ0n) is 14.4. The summed E-state index contributed by atoms with van der Waals surface area (Å²) in [6.07, 6.45) is 3.62. The van der Waals surface area contributed by atoms with E-state index in [0.29, 0.717) is 17.7 Å². The monoisotopic (exact) mass is 381 g/mol. The van der Waals surface area contributed by atoms with E-state index in [1.54, 1.807) is 24.4 Å². The van der Waals surface area contributed by atoms with Gasteiger partial charge in [-0.2, -0.15) is 0 Å². The zero-order chi connectivity index (χ0) is 19.2. The summed E-state index contributed by atoms with van der Waals surface area (Å²) in [6, 6.07) is 7.44. The van der Waals surface area contributed by atoms with Crippen molar-refractivity contribution in [2.45, 2.75) is 6.54 Å². The molecule has 1 heterocycles. The Balaban J connectivity index is 2.11. The van der Waals surface area contributed by atoms with E-state index in [0.717, 1.165) is 9.31 Å². The fourth-order valence-electron chi connectivity index (χ4n) is 2.05. The molecule has 0 spiro atoms. The van der Waals surface area contributed by atoms with Crippen LogP contribution in [-0.2, 0) is 21.4 Å². The number of benzene rings is 1. The highest BCUT2D eigenvalue weighted by molar-refractivity contribution is 7.89. The van der Waals surface area contributed by atoms with E-state index >= 15 is 0 Å². The summed E-state index contributed by atoms with van der Waals surface area (Å²) in [4.78, 5) is 15.3. The average Bonchev–Trinajstić information content (AvgIpc) is 2.59. The highest BCUT2D eigenvalue weighted by Gasteiger charge is 2.13. The minimum absolute atomic E-state index is 0.122. The maximum atomic E-state index is 13.9. The summed E-state index contributed by atoms with van der Waals surface area (Å²) in [5.74, 6) is -0.827. The van der Waals surface area contributed by atoms with Crippen molar-refractivity contribution >= 4 is 27.8 Å². The summed E-state index contributed by atoms with van der Waals surface area (Å²) < 4.78 is 38.5. The summed E-state index contributed by atoms with van der Waals surface area (Å²) in [6.45, 7) is 0.122. The zero-order valence-corrected chi connectivity index (χ0v) is 15.2. The third kappa shape index (κ3) is 5.48. The molecule has 140 valence electrons. The number of carbonyl (C=O) groups is 1. The second-order valence-corrected chi connectivity index (χ2v) is 7.79. The van der Waals surface area contributed by atoms with Crippen LogP contribution in [0.1, 0.15) is 5.56 Å². The molecule has 26 heavy (non-hydrogen) atoms. The standard InChI is InChI=1S/C16H20FN5O3S/c1-21(2)26(24,25)11-19-9-13-6-14(17)8-16(7-13)22(12-23)20-15-4-3-5-18-10-15/h3-8,10,12,19-20H,9,11H2,1-2H3. The molecule has 8 nitrogen and oxygen atoms in total. The van der Waals surface area contributed by atoms with Gasteiger partial charge in [-0.15, -0.1) is 0 Å². The molecule has 0 aliphatic carbocycles. The fraction of sp³-hybridized carbons (Fsp3) is 0.250. The third-order valence-corrected chi connectivity index (χ3v) is 5.09. The quantitative estimate of drug-likeness (QED) is 0.500. The molecule has 0 radical (unpaired) electrons. The number of anilines is 2. The van der Waals surface area contributed by atoms with Crippen LogP contribution in [0.3, 0.4) is 0 Å². The number of pyridine rings is 1. The van der Waals surface area contributed by atoms with Crippen LogP contribution < -0.4 is 15.8 Å². The number of nitrogens with zero attached hydrogens (tertiary/aromatic N) is 3. The van der Waals surface area contributed by atoms with Gasteiger partial charge in [0, 0.05) is 26.8 Å². The van der Waals surface area contributed by atoms with E-state index in [9.17, 15) is 17.6 Å². The molecule has 0 saturated heterocycles. The topological polar surface area (TPSA) is 94.6 Å². The Hall–Kier alpha value is -2.56. The van der Waals surface area contributed by atoms with Crippen LogP contribution in [-0.4, -0.2) is 44.1 Å². The summed E-state index contributed by atoms with van der Waals surface area (Å²) in [5.41, 5.74) is 4.13. The van der Waals surface area contributed by atoms with Gasteiger partial charge in [0.25, 0.3) is 0 Å². The van der Waals surface area contributed by atoms with E-state index in [1.165, 1.54) is 32.4 Å². The SMILES string of the molecule is CN(C)S(=O)(=O)CNCc1cc(F)cc(N(C=O)Nc2cccnc2)c1. The lowest BCUT2D eigenvalue weighted by Crippen LogP contribution is -2.32. The second kappa shape index (κ2) is 8.70. The van der Waals surface area contributed by atoms with Crippen molar-refractivity contribution in [2.24, 2.45) is 0 Å². The van der Waals surface area contributed by atoms with Crippen molar-refractivity contribution in [1.82, 2.24) is 14.6 Å². The minimum Gasteiger partial charge on any atom is -0.298 e. The lowest BCUT2D eigenvalue weighted by molar-refractivity contribution is -0.107. The predicted octanol–water partition coefficient (Wildman–Crippen LogP) is 1.15. The molecule has 0 fully saturated rings. The van der Waals surface area contributed by atoms with Gasteiger partial charge in [-0.3, -0.25) is 20.5 Å². The third-order valence-electron chi connectivity index (χ3n) is 3.41. The molecule has 2 rings (SSSR count). The molecule has 0 aliphatic heterocycles. The van der Waals surface area contributed by atoms with Crippen molar-refractivity contribution < 1.29 is 17.6 Å². The molecular weight excluding hydrogens is 361 g/mol. The number of hydrogen-bond donors (Lipinski definition) is 2. The number of hydrogen-bond acceptors (Lipinski definition) is 6. The lowest BCUT2D eigenvalue weighted by Gasteiger charge is -2.20. The lowest BCUT2D eigenvalue weighted by atomic mass is 10.2. The number of aromatic nitrogens is 1. The fourth-order valence-corrected chi connectivity index (χ4v) is 2.67. The summed E-state index contributed by atoms with van der Waals surface area (Å²) >= 11 is 0. The number of amides is 1. The van der Waals surface area contributed by atoms with Crippen molar-refractivity contribution in [3.05, 3.63) is 54.1 Å². The number of halogens is 1. The predicted molar refractivity (Wildman–Crippen MR) is 97.1 cm³/mol. The van der Waals surface area contributed by atoms with Gasteiger partial charge in [0.2, 0.25) is 16.4 Å². The Labute approximate surface area is 151 Å². The first kappa shape index (κ1) is 19.8. The van der Waals surface area contributed by atoms with Crippen molar-refractivity contribution in [3.8, 4) is 0 Å². The maximum Gasteiger partial charge on any atom is 0.232 e. The van der Waals surface area contributed by atoms with Crippen LogP contribution in [0.5, 0.6) is 0 Å². The second-order valence-electron chi connectivity index (χ2n) is 5.61. The molecule has 0 unspecified atom stereocenters. The van der Waals surface area contributed by atoms with Gasteiger partial charge in [0.05, 0.1) is 17.6 Å². The molecule has 0 saturated carbocycles. The van der Waals surface area contributed by atoms with Crippen LogP contribution in [0.15, 0.2) is 42.7 Å². The Morgan fingerprint density at radius 3 is 2.65 bits per heavy atom. The van der Waals surface area contributed by atoms with Gasteiger partial charge in [-0.05, 0) is 35.9 Å². The van der Waals surface area contributed by atoms with E-state index in [2.05, 4.69) is 15.7 Å². The molecular formula is C16H20FN5O3S. The van der Waals surface area contributed by atoms with Crippen LogP contribution >= 0.6 is 0 Å². The van der Waals surface area contributed by atoms with Crippen LogP contribution in [0.4, 0.5) is 15.8 Å².